The average Bonchev–Trinajstić information content (AvgIpc) is 2.87. The van der Waals surface area contributed by atoms with Crippen LogP contribution >= 0.6 is 0 Å². The second-order valence-electron chi connectivity index (χ2n) is 7.50. The van der Waals surface area contributed by atoms with Crippen molar-refractivity contribution in [3.05, 3.63) is 83.4 Å². The first-order valence-electron chi connectivity index (χ1n) is 10.6. The minimum atomic E-state index is -4.08. The van der Waals surface area contributed by atoms with Crippen molar-refractivity contribution in [3.63, 3.8) is 0 Å². The molecule has 0 fully saturated rings. The standard InChI is InChI=1S/C25H26N2O7S/c1-17-8-11-20(12-9-17)27-35(30,31)23-14-18(10-13-22(23)33-3)25(29)34-16-24(28)26-15-19-6-4-5-7-21(19)32-2/h4-14,27H,15-16H2,1-3H3,(H,26,28). The number of para-hydroxylation sites is 1. The molecule has 0 spiro atoms. The second kappa shape index (κ2) is 11.4. The zero-order chi connectivity index (χ0) is 25.4. The van der Waals surface area contributed by atoms with E-state index in [0.29, 0.717) is 11.4 Å². The number of carbonyl (C=O) groups is 2. The van der Waals surface area contributed by atoms with Crippen LogP contribution in [0.15, 0.2) is 71.6 Å². The van der Waals surface area contributed by atoms with E-state index in [1.807, 2.05) is 19.1 Å². The maximum Gasteiger partial charge on any atom is 0.338 e. The number of rotatable bonds is 10. The highest BCUT2D eigenvalue weighted by Gasteiger charge is 2.23. The van der Waals surface area contributed by atoms with Crippen molar-refractivity contribution >= 4 is 27.6 Å². The SMILES string of the molecule is COc1ccccc1CNC(=O)COC(=O)c1ccc(OC)c(S(=O)(=O)Nc2ccc(C)cc2)c1. The lowest BCUT2D eigenvalue weighted by molar-refractivity contribution is -0.124. The molecule has 0 atom stereocenters. The van der Waals surface area contributed by atoms with Crippen LogP contribution in [-0.2, 0) is 26.1 Å². The molecule has 0 unspecified atom stereocenters. The Morgan fingerprint density at radius 1 is 0.886 bits per heavy atom. The Kier molecular flexibility index (Phi) is 8.32. The highest BCUT2D eigenvalue weighted by atomic mass is 32.2. The molecular formula is C25H26N2O7S. The van der Waals surface area contributed by atoms with Crippen molar-refractivity contribution in [3.8, 4) is 11.5 Å². The zero-order valence-electron chi connectivity index (χ0n) is 19.5. The molecule has 3 aromatic carbocycles. The van der Waals surface area contributed by atoms with Crippen LogP contribution < -0.4 is 19.5 Å². The minimum absolute atomic E-state index is 0.0485. The molecule has 35 heavy (non-hydrogen) atoms. The first-order chi connectivity index (χ1) is 16.7. The molecule has 3 rings (SSSR count). The van der Waals surface area contributed by atoms with Gasteiger partial charge in [0.1, 0.15) is 16.4 Å². The summed E-state index contributed by atoms with van der Waals surface area (Å²) in [6.07, 6.45) is 0. The molecule has 0 saturated carbocycles. The molecule has 0 aromatic heterocycles. The predicted molar refractivity (Wildman–Crippen MR) is 130 cm³/mol. The number of nitrogens with one attached hydrogen (secondary N) is 2. The van der Waals surface area contributed by atoms with Gasteiger partial charge < -0.3 is 19.5 Å². The van der Waals surface area contributed by atoms with Gasteiger partial charge in [0.15, 0.2) is 6.61 Å². The number of ether oxygens (including phenoxy) is 3. The third-order valence-electron chi connectivity index (χ3n) is 5.00. The number of hydrogen-bond donors (Lipinski definition) is 2. The molecule has 0 heterocycles. The van der Waals surface area contributed by atoms with Gasteiger partial charge in [-0.2, -0.15) is 0 Å². The number of methoxy groups -OCH3 is 2. The van der Waals surface area contributed by atoms with Gasteiger partial charge in [0, 0.05) is 17.8 Å². The van der Waals surface area contributed by atoms with Gasteiger partial charge in [-0.05, 0) is 43.3 Å². The van der Waals surface area contributed by atoms with Gasteiger partial charge in [-0.3, -0.25) is 9.52 Å². The molecular weight excluding hydrogens is 472 g/mol. The van der Waals surface area contributed by atoms with E-state index < -0.39 is 28.5 Å². The molecule has 0 radical (unpaired) electrons. The summed E-state index contributed by atoms with van der Waals surface area (Å²) < 4.78 is 43.9. The first-order valence-corrected chi connectivity index (χ1v) is 12.0. The van der Waals surface area contributed by atoms with Crippen molar-refractivity contribution in [2.75, 3.05) is 25.5 Å². The lowest BCUT2D eigenvalue weighted by atomic mass is 10.2. The monoisotopic (exact) mass is 498 g/mol. The van der Waals surface area contributed by atoms with Crippen LogP contribution in [0.3, 0.4) is 0 Å². The second-order valence-corrected chi connectivity index (χ2v) is 9.15. The van der Waals surface area contributed by atoms with Crippen LogP contribution in [0.5, 0.6) is 11.5 Å². The van der Waals surface area contributed by atoms with E-state index in [1.165, 1.54) is 26.4 Å². The van der Waals surface area contributed by atoms with Crippen LogP contribution in [-0.4, -0.2) is 41.1 Å². The predicted octanol–water partition coefficient (Wildman–Crippen LogP) is 3.29. The third-order valence-corrected chi connectivity index (χ3v) is 6.40. The lowest BCUT2D eigenvalue weighted by Gasteiger charge is -2.13. The third kappa shape index (κ3) is 6.73. The average molecular weight is 499 g/mol. The van der Waals surface area contributed by atoms with E-state index in [0.717, 1.165) is 17.2 Å². The van der Waals surface area contributed by atoms with Crippen LogP contribution in [0, 0.1) is 6.92 Å². The van der Waals surface area contributed by atoms with Crippen molar-refractivity contribution < 1.29 is 32.2 Å². The highest BCUT2D eigenvalue weighted by molar-refractivity contribution is 7.92. The number of carbonyl (C=O) groups excluding carboxylic acids is 2. The summed E-state index contributed by atoms with van der Waals surface area (Å²) in [5.74, 6) is -0.703. The normalized spacial score (nSPS) is 10.8. The molecule has 184 valence electrons. The number of benzene rings is 3. The zero-order valence-corrected chi connectivity index (χ0v) is 20.3. The van der Waals surface area contributed by atoms with Gasteiger partial charge in [0.2, 0.25) is 0 Å². The smallest absolute Gasteiger partial charge is 0.338 e. The summed E-state index contributed by atoms with van der Waals surface area (Å²) in [6, 6.07) is 17.8. The summed E-state index contributed by atoms with van der Waals surface area (Å²) in [4.78, 5) is 24.4. The van der Waals surface area contributed by atoms with E-state index >= 15 is 0 Å². The number of sulfonamides is 1. The summed E-state index contributed by atoms with van der Waals surface area (Å²) >= 11 is 0. The molecule has 2 N–H and O–H groups in total. The lowest BCUT2D eigenvalue weighted by Crippen LogP contribution is -2.28. The largest absolute Gasteiger partial charge is 0.496 e. The maximum absolute atomic E-state index is 13.0. The Morgan fingerprint density at radius 3 is 2.26 bits per heavy atom. The Labute approximate surface area is 204 Å². The molecule has 3 aromatic rings. The molecule has 10 heteroatoms. The first kappa shape index (κ1) is 25.6. The number of amides is 1. The van der Waals surface area contributed by atoms with Gasteiger partial charge >= 0.3 is 5.97 Å². The molecule has 0 aliphatic carbocycles. The van der Waals surface area contributed by atoms with Crippen LogP contribution in [0.4, 0.5) is 5.69 Å². The summed E-state index contributed by atoms with van der Waals surface area (Å²) in [5, 5.41) is 2.64. The van der Waals surface area contributed by atoms with E-state index in [9.17, 15) is 18.0 Å². The van der Waals surface area contributed by atoms with Crippen LogP contribution in [0.2, 0.25) is 0 Å². The molecule has 1 amide bonds. The van der Waals surface area contributed by atoms with Crippen molar-refractivity contribution in [2.45, 2.75) is 18.4 Å². The molecule has 0 bridgehead atoms. The fraction of sp³-hybridized carbons (Fsp3) is 0.200. The Balaban J connectivity index is 1.67. The number of aryl methyl sites for hydroxylation is 1. The van der Waals surface area contributed by atoms with Crippen LogP contribution in [0.25, 0.3) is 0 Å². The van der Waals surface area contributed by atoms with Gasteiger partial charge in [-0.25, -0.2) is 13.2 Å². The Bertz CT molecular complexity index is 1310. The summed E-state index contributed by atoms with van der Waals surface area (Å²) in [6.45, 7) is 1.54. The van der Waals surface area contributed by atoms with Crippen molar-refractivity contribution in [1.82, 2.24) is 5.32 Å². The van der Waals surface area contributed by atoms with E-state index in [2.05, 4.69) is 10.0 Å². The van der Waals surface area contributed by atoms with Gasteiger partial charge in [-0.1, -0.05) is 35.9 Å². The summed E-state index contributed by atoms with van der Waals surface area (Å²) in [7, 11) is -1.22. The topological polar surface area (TPSA) is 120 Å². The minimum Gasteiger partial charge on any atom is -0.496 e. The van der Waals surface area contributed by atoms with Crippen molar-refractivity contribution in [2.24, 2.45) is 0 Å². The molecule has 9 nitrogen and oxygen atoms in total. The fourth-order valence-electron chi connectivity index (χ4n) is 3.15. The summed E-state index contributed by atoms with van der Waals surface area (Å²) in [5.41, 5.74) is 2.05. The number of hydrogen-bond acceptors (Lipinski definition) is 7. The molecule has 0 aliphatic rings. The van der Waals surface area contributed by atoms with Gasteiger partial charge in [0.05, 0.1) is 19.8 Å². The number of esters is 1. The quantitative estimate of drug-likeness (QED) is 0.412. The highest BCUT2D eigenvalue weighted by Crippen LogP contribution is 2.27. The van der Waals surface area contributed by atoms with Crippen LogP contribution in [0.1, 0.15) is 21.5 Å². The van der Waals surface area contributed by atoms with E-state index in [1.54, 1.807) is 36.4 Å². The van der Waals surface area contributed by atoms with E-state index in [-0.39, 0.29) is 22.8 Å². The van der Waals surface area contributed by atoms with Crippen molar-refractivity contribution in [1.29, 1.82) is 0 Å². The fourth-order valence-corrected chi connectivity index (χ4v) is 4.41. The van der Waals surface area contributed by atoms with Gasteiger partial charge in [0.25, 0.3) is 15.9 Å². The van der Waals surface area contributed by atoms with Gasteiger partial charge in [-0.15, -0.1) is 0 Å². The molecule has 0 aliphatic heterocycles. The molecule has 0 saturated heterocycles. The number of anilines is 1. The Morgan fingerprint density at radius 2 is 1.57 bits per heavy atom. The maximum atomic E-state index is 13.0. The Hall–Kier alpha value is -4.05. The van der Waals surface area contributed by atoms with E-state index in [4.69, 9.17) is 14.2 Å².